The van der Waals surface area contributed by atoms with Gasteiger partial charge in [-0.15, -0.1) is 0 Å². The van der Waals surface area contributed by atoms with Crippen LogP contribution in [0.4, 0.5) is 5.82 Å². The summed E-state index contributed by atoms with van der Waals surface area (Å²) in [6.07, 6.45) is 0. The van der Waals surface area contributed by atoms with Crippen LogP contribution in [0.2, 0.25) is 0 Å². The van der Waals surface area contributed by atoms with Gasteiger partial charge >= 0.3 is 0 Å². The van der Waals surface area contributed by atoms with E-state index in [2.05, 4.69) is 64.8 Å². The molecule has 0 unspecified atom stereocenters. The van der Waals surface area contributed by atoms with Crippen LogP contribution >= 0.6 is 0 Å². The van der Waals surface area contributed by atoms with Gasteiger partial charge in [0, 0.05) is 37.1 Å². The van der Waals surface area contributed by atoms with E-state index in [1.165, 1.54) is 16.3 Å². The van der Waals surface area contributed by atoms with Gasteiger partial charge in [-0.2, -0.15) is 0 Å². The first-order chi connectivity index (χ1) is 10.9. The van der Waals surface area contributed by atoms with Gasteiger partial charge in [0.15, 0.2) is 0 Å². The largest absolute Gasteiger partial charge is 0.354 e. The molecule has 3 nitrogen and oxygen atoms in total. The third-order valence-electron chi connectivity index (χ3n) is 4.22. The molecule has 0 atom stereocenters. The second kappa shape index (κ2) is 5.78. The lowest BCUT2D eigenvalue weighted by Crippen LogP contribution is -2.43. The Morgan fingerprint density at radius 2 is 1.59 bits per heavy atom. The molecule has 1 saturated heterocycles. The van der Waals surface area contributed by atoms with E-state index in [0.29, 0.717) is 0 Å². The second-order valence-electron chi connectivity index (χ2n) is 5.65. The number of nitrogens with zero attached hydrogens (tertiary/aromatic N) is 2. The first kappa shape index (κ1) is 13.3. The van der Waals surface area contributed by atoms with E-state index in [1.807, 2.05) is 6.07 Å². The van der Waals surface area contributed by atoms with E-state index in [0.717, 1.165) is 37.7 Å². The number of nitrogens with one attached hydrogen (secondary N) is 1. The number of fused-ring (bicyclic) bond motifs is 1. The highest BCUT2D eigenvalue weighted by Gasteiger charge is 2.15. The fourth-order valence-electron chi connectivity index (χ4n) is 3.06. The quantitative estimate of drug-likeness (QED) is 0.784. The molecule has 110 valence electrons. The number of rotatable bonds is 2. The molecule has 1 aliphatic rings. The number of hydrogen-bond acceptors (Lipinski definition) is 3. The molecule has 0 spiro atoms. The summed E-state index contributed by atoms with van der Waals surface area (Å²) in [5, 5.41) is 5.87. The van der Waals surface area contributed by atoms with Crippen LogP contribution in [-0.2, 0) is 0 Å². The van der Waals surface area contributed by atoms with Crippen molar-refractivity contribution in [2.75, 3.05) is 31.1 Å². The van der Waals surface area contributed by atoms with Crippen LogP contribution < -0.4 is 10.2 Å². The summed E-state index contributed by atoms with van der Waals surface area (Å²) in [4.78, 5) is 7.36. The van der Waals surface area contributed by atoms with E-state index >= 15 is 0 Å². The lowest BCUT2D eigenvalue weighted by atomic mass is 10.0. The van der Waals surface area contributed by atoms with Gasteiger partial charge in [-0.25, -0.2) is 4.98 Å². The maximum Gasteiger partial charge on any atom is 0.129 e. The fraction of sp³-hybridized carbons (Fsp3) is 0.211. The van der Waals surface area contributed by atoms with Crippen molar-refractivity contribution < 1.29 is 0 Å². The number of hydrogen-bond donors (Lipinski definition) is 1. The van der Waals surface area contributed by atoms with Crippen molar-refractivity contribution in [1.29, 1.82) is 0 Å². The minimum Gasteiger partial charge on any atom is -0.354 e. The topological polar surface area (TPSA) is 28.2 Å². The molecule has 22 heavy (non-hydrogen) atoms. The van der Waals surface area contributed by atoms with Crippen LogP contribution in [0.3, 0.4) is 0 Å². The molecule has 4 rings (SSSR count). The van der Waals surface area contributed by atoms with Crippen molar-refractivity contribution in [2.45, 2.75) is 0 Å². The molecule has 0 bridgehead atoms. The average Bonchev–Trinajstić information content (AvgIpc) is 2.62. The van der Waals surface area contributed by atoms with Crippen molar-refractivity contribution >= 4 is 16.6 Å². The Hall–Kier alpha value is -2.39. The maximum absolute atomic E-state index is 4.99. The minimum absolute atomic E-state index is 1.01. The third-order valence-corrected chi connectivity index (χ3v) is 4.22. The molecule has 2 heterocycles. The summed E-state index contributed by atoms with van der Waals surface area (Å²) in [7, 11) is 0. The summed E-state index contributed by atoms with van der Waals surface area (Å²) in [6, 6.07) is 21.2. The molecule has 1 aromatic heterocycles. The Morgan fingerprint density at radius 1 is 0.864 bits per heavy atom. The van der Waals surface area contributed by atoms with Crippen LogP contribution in [0.15, 0.2) is 60.7 Å². The predicted octanol–water partition coefficient (Wildman–Crippen LogP) is 3.31. The first-order valence-corrected chi connectivity index (χ1v) is 7.83. The number of benzene rings is 2. The number of anilines is 1. The van der Waals surface area contributed by atoms with Crippen molar-refractivity contribution in [3.05, 3.63) is 60.7 Å². The summed E-state index contributed by atoms with van der Waals surface area (Å²) < 4.78 is 0. The molecule has 0 amide bonds. The third kappa shape index (κ3) is 2.44. The highest BCUT2D eigenvalue weighted by atomic mass is 15.2. The number of pyridine rings is 1. The molecular formula is C19H19N3. The molecule has 1 aliphatic heterocycles. The Morgan fingerprint density at radius 3 is 2.41 bits per heavy atom. The van der Waals surface area contributed by atoms with Gasteiger partial charge in [-0.05, 0) is 11.5 Å². The number of aromatic nitrogens is 1. The highest BCUT2D eigenvalue weighted by molar-refractivity contribution is 5.96. The molecule has 2 aromatic carbocycles. The van der Waals surface area contributed by atoms with Gasteiger partial charge in [0.05, 0.1) is 5.69 Å². The molecule has 1 fully saturated rings. The van der Waals surface area contributed by atoms with Crippen molar-refractivity contribution in [2.24, 2.45) is 0 Å². The normalized spacial score (nSPS) is 15.2. The first-order valence-electron chi connectivity index (χ1n) is 7.83. The van der Waals surface area contributed by atoms with Crippen LogP contribution in [0.25, 0.3) is 22.0 Å². The van der Waals surface area contributed by atoms with Gasteiger partial charge in [0.1, 0.15) is 5.82 Å². The van der Waals surface area contributed by atoms with E-state index in [-0.39, 0.29) is 0 Å². The Balaban J connectivity index is 1.89. The smallest absolute Gasteiger partial charge is 0.129 e. The standard InChI is InChI=1S/C19H19N3/c1-2-6-15(7-3-1)19-17-9-5-4-8-16(17)14-18(21-19)22-12-10-20-11-13-22/h1-9,14,20H,10-13H2. The van der Waals surface area contributed by atoms with Gasteiger partial charge in [0.25, 0.3) is 0 Å². The summed E-state index contributed by atoms with van der Waals surface area (Å²) in [5.74, 6) is 1.08. The average molecular weight is 289 g/mol. The van der Waals surface area contributed by atoms with Crippen molar-refractivity contribution in [3.63, 3.8) is 0 Å². The Bertz CT molecular complexity index is 777. The van der Waals surface area contributed by atoms with Gasteiger partial charge in [0.2, 0.25) is 0 Å². The summed E-state index contributed by atoms with van der Waals surface area (Å²) in [6.45, 7) is 4.07. The molecule has 3 aromatic rings. The SMILES string of the molecule is c1ccc(-c2nc(N3CCNCC3)cc3ccccc23)cc1. The van der Waals surface area contributed by atoms with Crippen LogP contribution in [-0.4, -0.2) is 31.2 Å². The van der Waals surface area contributed by atoms with Gasteiger partial charge in [-0.1, -0.05) is 54.6 Å². The predicted molar refractivity (Wildman–Crippen MR) is 92.3 cm³/mol. The lowest BCUT2D eigenvalue weighted by Gasteiger charge is -2.29. The maximum atomic E-state index is 4.99. The fourth-order valence-corrected chi connectivity index (χ4v) is 3.06. The zero-order valence-electron chi connectivity index (χ0n) is 12.5. The monoisotopic (exact) mass is 289 g/mol. The molecular weight excluding hydrogens is 270 g/mol. The molecule has 1 N–H and O–H groups in total. The summed E-state index contributed by atoms with van der Waals surface area (Å²) in [5.41, 5.74) is 2.25. The van der Waals surface area contributed by atoms with E-state index in [1.54, 1.807) is 0 Å². The molecule has 0 aliphatic carbocycles. The Labute approximate surface area is 130 Å². The molecule has 0 radical (unpaired) electrons. The zero-order chi connectivity index (χ0) is 14.8. The Kier molecular flexibility index (Phi) is 3.49. The van der Waals surface area contributed by atoms with Crippen LogP contribution in [0.1, 0.15) is 0 Å². The minimum atomic E-state index is 1.01. The number of piperazine rings is 1. The van der Waals surface area contributed by atoms with Crippen molar-refractivity contribution in [1.82, 2.24) is 10.3 Å². The molecule has 0 saturated carbocycles. The van der Waals surface area contributed by atoms with Crippen LogP contribution in [0.5, 0.6) is 0 Å². The van der Waals surface area contributed by atoms with Gasteiger partial charge in [-0.3, -0.25) is 0 Å². The van der Waals surface area contributed by atoms with Gasteiger partial charge < -0.3 is 10.2 Å². The van der Waals surface area contributed by atoms with E-state index in [4.69, 9.17) is 4.98 Å². The van der Waals surface area contributed by atoms with E-state index in [9.17, 15) is 0 Å². The summed E-state index contributed by atoms with van der Waals surface area (Å²) >= 11 is 0. The second-order valence-corrected chi connectivity index (χ2v) is 5.65. The zero-order valence-corrected chi connectivity index (χ0v) is 12.5. The van der Waals surface area contributed by atoms with Crippen molar-refractivity contribution in [3.8, 4) is 11.3 Å². The lowest BCUT2D eigenvalue weighted by molar-refractivity contribution is 0.585. The highest BCUT2D eigenvalue weighted by Crippen LogP contribution is 2.30. The van der Waals surface area contributed by atoms with Crippen LogP contribution in [0, 0.1) is 0 Å². The molecule has 3 heteroatoms. The van der Waals surface area contributed by atoms with E-state index < -0.39 is 0 Å².